The molecule has 0 saturated heterocycles. The first-order valence-corrected chi connectivity index (χ1v) is 17.2. The third-order valence-electron chi connectivity index (χ3n) is 7.59. The van der Waals surface area contributed by atoms with E-state index in [0.29, 0.717) is 43.3 Å². The zero-order valence-corrected chi connectivity index (χ0v) is 27.4. The molecule has 0 aliphatic heterocycles. The van der Waals surface area contributed by atoms with E-state index < -0.39 is 6.16 Å². The maximum Gasteiger partial charge on any atom is 0.511 e. The Kier molecular flexibility index (Phi) is 22.6. The third kappa shape index (κ3) is 15.8. The predicted octanol–water partition coefficient (Wildman–Crippen LogP) is 11.0. The van der Waals surface area contributed by atoms with E-state index in [1.54, 1.807) is 0 Å². The third-order valence-corrected chi connectivity index (χ3v) is 7.59. The Bertz CT molecular complexity index is 824. The first-order valence-electron chi connectivity index (χ1n) is 17.2. The highest BCUT2D eigenvalue weighted by Crippen LogP contribution is 2.54. The minimum Gasteiger partial charge on any atom is -0.502 e. The molecule has 244 valence electrons. The summed E-state index contributed by atoms with van der Waals surface area (Å²) >= 11 is 0. The normalized spacial score (nSPS) is 11.0. The highest BCUT2D eigenvalue weighted by molar-refractivity contribution is 5.73. The maximum atomic E-state index is 11.8. The molecule has 1 rings (SSSR count). The summed E-state index contributed by atoms with van der Waals surface area (Å²) in [7, 11) is 0. The van der Waals surface area contributed by atoms with Crippen LogP contribution in [0.4, 0.5) is 4.79 Å². The van der Waals surface area contributed by atoms with Gasteiger partial charge in [-0.25, -0.2) is 4.79 Å². The van der Waals surface area contributed by atoms with Crippen LogP contribution in [0.2, 0.25) is 0 Å². The monoisotopic (exact) mass is 594 g/mol. The Morgan fingerprint density at radius 3 is 1.33 bits per heavy atom. The van der Waals surface area contributed by atoms with Crippen molar-refractivity contribution in [3.05, 3.63) is 5.56 Å². The molecule has 0 unspecified atom stereocenters. The molecular formula is C35H62O7. The van der Waals surface area contributed by atoms with Crippen LogP contribution in [0.1, 0.15) is 162 Å². The van der Waals surface area contributed by atoms with Crippen molar-refractivity contribution in [3.63, 3.8) is 0 Å². The summed E-state index contributed by atoms with van der Waals surface area (Å²) in [6.07, 6.45) is 20.7. The van der Waals surface area contributed by atoms with Crippen molar-refractivity contribution in [2.24, 2.45) is 0 Å². The van der Waals surface area contributed by atoms with Crippen LogP contribution in [0.5, 0.6) is 28.7 Å². The smallest absolute Gasteiger partial charge is 0.502 e. The summed E-state index contributed by atoms with van der Waals surface area (Å²) < 4.78 is 24.1. The van der Waals surface area contributed by atoms with E-state index in [0.717, 1.165) is 96.3 Å². The molecule has 1 aromatic rings. The summed E-state index contributed by atoms with van der Waals surface area (Å²) in [5.74, 6) is 0.562. The van der Waals surface area contributed by atoms with Gasteiger partial charge in [-0.3, -0.25) is 0 Å². The van der Waals surface area contributed by atoms with Crippen molar-refractivity contribution >= 4 is 6.16 Å². The van der Waals surface area contributed by atoms with Gasteiger partial charge in [0, 0.05) is 5.56 Å². The highest BCUT2D eigenvalue weighted by Gasteiger charge is 2.30. The number of hydrogen-bond acceptors (Lipinski definition) is 6. The van der Waals surface area contributed by atoms with Gasteiger partial charge >= 0.3 is 6.16 Å². The predicted molar refractivity (Wildman–Crippen MR) is 172 cm³/mol. The second kappa shape index (κ2) is 25.2. The zero-order chi connectivity index (χ0) is 30.8. The molecule has 0 fully saturated rings. The molecule has 0 bridgehead atoms. The zero-order valence-electron chi connectivity index (χ0n) is 27.4. The average molecular weight is 595 g/mol. The molecule has 2 N–H and O–H groups in total. The standard InChI is InChI=1S/C35H62O7/c1-5-9-13-17-18-19-20-21-25-29-31(42-35(37)38)30(36)33(40-27-23-15-11-7-3)34(41-28-24-16-12-8-4)32(29)39-26-22-14-10-6-2/h36H,5-28H2,1-4H3,(H,37,38). The number of rotatable bonds is 28. The number of phenols is 1. The SMILES string of the molecule is CCCCCCCCCCc1c(OC(=O)O)c(O)c(OCCCCCC)c(OCCCCCC)c1OCCCCCC. The van der Waals surface area contributed by atoms with E-state index in [2.05, 4.69) is 27.7 Å². The fourth-order valence-electron chi connectivity index (χ4n) is 5.08. The van der Waals surface area contributed by atoms with Crippen LogP contribution in [0.25, 0.3) is 0 Å². The van der Waals surface area contributed by atoms with Crippen LogP contribution in [-0.4, -0.2) is 36.2 Å². The van der Waals surface area contributed by atoms with Gasteiger partial charge in [0.1, 0.15) is 0 Å². The van der Waals surface area contributed by atoms with Gasteiger partial charge < -0.3 is 29.2 Å². The van der Waals surface area contributed by atoms with Crippen LogP contribution in [-0.2, 0) is 6.42 Å². The van der Waals surface area contributed by atoms with Gasteiger partial charge in [-0.2, -0.15) is 0 Å². The second-order valence-corrected chi connectivity index (χ2v) is 11.5. The lowest BCUT2D eigenvalue weighted by atomic mass is 10.0. The minimum absolute atomic E-state index is 0.0871. The van der Waals surface area contributed by atoms with Crippen molar-refractivity contribution < 1.29 is 34.0 Å². The van der Waals surface area contributed by atoms with Gasteiger partial charge in [-0.15, -0.1) is 0 Å². The van der Waals surface area contributed by atoms with Crippen molar-refractivity contribution in [1.29, 1.82) is 0 Å². The molecule has 1 aromatic carbocycles. The van der Waals surface area contributed by atoms with Crippen LogP contribution in [0.3, 0.4) is 0 Å². The van der Waals surface area contributed by atoms with Crippen molar-refractivity contribution in [3.8, 4) is 28.7 Å². The summed E-state index contributed by atoms with van der Waals surface area (Å²) in [6.45, 7) is 10.1. The lowest BCUT2D eigenvalue weighted by Gasteiger charge is -2.23. The topological polar surface area (TPSA) is 94.5 Å². The lowest BCUT2D eigenvalue weighted by Crippen LogP contribution is -2.12. The fourth-order valence-corrected chi connectivity index (χ4v) is 5.08. The van der Waals surface area contributed by atoms with Crippen molar-refractivity contribution in [2.45, 2.75) is 163 Å². The van der Waals surface area contributed by atoms with Crippen LogP contribution in [0.15, 0.2) is 0 Å². The first-order chi connectivity index (χ1) is 20.5. The molecule has 0 aliphatic rings. The minimum atomic E-state index is -1.47. The summed E-state index contributed by atoms with van der Waals surface area (Å²) in [5, 5.41) is 21.0. The summed E-state index contributed by atoms with van der Waals surface area (Å²) in [4.78, 5) is 11.8. The number of hydrogen-bond donors (Lipinski definition) is 2. The van der Waals surface area contributed by atoms with E-state index in [-0.39, 0.29) is 17.2 Å². The summed E-state index contributed by atoms with van der Waals surface area (Å²) in [6, 6.07) is 0. The van der Waals surface area contributed by atoms with E-state index in [1.807, 2.05) is 0 Å². The molecule has 7 nitrogen and oxygen atoms in total. The van der Waals surface area contributed by atoms with Crippen LogP contribution < -0.4 is 18.9 Å². The molecule has 0 radical (unpaired) electrons. The van der Waals surface area contributed by atoms with Crippen molar-refractivity contribution in [1.82, 2.24) is 0 Å². The first kappa shape index (κ1) is 37.7. The van der Waals surface area contributed by atoms with Gasteiger partial charge in [0.05, 0.1) is 19.8 Å². The van der Waals surface area contributed by atoms with E-state index >= 15 is 0 Å². The lowest BCUT2D eigenvalue weighted by molar-refractivity contribution is 0.141. The number of phenolic OH excluding ortho intramolecular Hbond substituents is 1. The van der Waals surface area contributed by atoms with Gasteiger partial charge in [-0.05, 0) is 32.1 Å². The van der Waals surface area contributed by atoms with E-state index in [1.165, 1.54) is 32.1 Å². The largest absolute Gasteiger partial charge is 0.511 e. The highest BCUT2D eigenvalue weighted by atomic mass is 16.7. The Morgan fingerprint density at radius 1 is 0.500 bits per heavy atom. The summed E-state index contributed by atoms with van der Waals surface area (Å²) in [5.41, 5.74) is 0.554. The number of carboxylic acid groups (broad SMARTS) is 1. The Morgan fingerprint density at radius 2 is 0.881 bits per heavy atom. The molecule has 0 spiro atoms. The van der Waals surface area contributed by atoms with E-state index in [4.69, 9.17) is 18.9 Å². The quantitative estimate of drug-likeness (QED) is 0.0566. The molecule has 0 heterocycles. The van der Waals surface area contributed by atoms with Crippen LogP contribution in [0, 0.1) is 0 Å². The molecule has 0 atom stereocenters. The second-order valence-electron chi connectivity index (χ2n) is 11.5. The van der Waals surface area contributed by atoms with Crippen molar-refractivity contribution in [2.75, 3.05) is 19.8 Å². The molecular weight excluding hydrogens is 532 g/mol. The average Bonchev–Trinajstić information content (AvgIpc) is 2.97. The fraction of sp³-hybridized carbons (Fsp3) is 0.800. The van der Waals surface area contributed by atoms with Gasteiger partial charge in [0.15, 0.2) is 11.5 Å². The van der Waals surface area contributed by atoms with Crippen LogP contribution >= 0.6 is 0 Å². The Balaban J connectivity index is 3.35. The maximum absolute atomic E-state index is 11.8. The molecule has 0 amide bonds. The number of aromatic hydroxyl groups is 1. The number of ether oxygens (including phenoxy) is 4. The number of unbranched alkanes of at least 4 members (excludes halogenated alkanes) is 16. The Hall–Kier alpha value is -2.31. The molecule has 7 heteroatoms. The molecule has 0 aliphatic carbocycles. The van der Waals surface area contributed by atoms with Gasteiger partial charge in [-0.1, -0.05) is 130 Å². The molecule has 0 saturated carbocycles. The number of benzene rings is 1. The van der Waals surface area contributed by atoms with Gasteiger partial charge in [0.2, 0.25) is 17.2 Å². The van der Waals surface area contributed by atoms with Gasteiger partial charge in [0.25, 0.3) is 0 Å². The van der Waals surface area contributed by atoms with E-state index in [9.17, 15) is 15.0 Å². The molecule has 0 aromatic heterocycles. The molecule has 42 heavy (non-hydrogen) atoms. The Labute approximate surface area is 256 Å². The number of carbonyl (C=O) groups is 1.